The van der Waals surface area contributed by atoms with Gasteiger partial charge in [-0.3, -0.25) is 0 Å². The number of halogens is 2. The van der Waals surface area contributed by atoms with Gasteiger partial charge in [-0.2, -0.15) is 0 Å². The van der Waals surface area contributed by atoms with Gasteiger partial charge in [-0.1, -0.05) is 29.3 Å². The number of rotatable bonds is 0. The predicted octanol–water partition coefficient (Wildman–Crippen LogP) is 4.05. The standard InChI is InChI=1S/C11H12Cl2OS/c1-11(2)10(14)6-3-4-8(12)9(13)7(6)5-15-11/h3-4,10,14H,5H2,1-2H3. The van der Waals surface area contributed by atoms with Crippen LogP contribution in [0.3, 0.4) is 0 Å². The van der Waals surface area contributed by atoms with E-state index in [-0.39, 0.29) is 4.75 Å². The maximum absolute atomic E-state index is 10.2. The summed E-state index contributed by atoms with van der Waals surface area (Å²) in [5.74, 6) is 0.804. The van der Waals surface area contributed by atoms with Gasteiger partial charge in [-0.05, 0) is 31.0 Å². The van der Waals surface area contributed by atoms with E-state index in [1.807, 2.05) is 19.9 Å². The second-order valence-corrected chi connectivity index (χ2v) is 6.64. The normalized spacial score (nSPS) is 23.7. The van der Waals surface area contributed by atoms with Gasteiger partial charge in [0.1, 0.15) is 0 Å². The minimum Gasteiger partial charge on any atom is -0.387 e. The third-order valence-electron chi connectivity index (χ3n) is 2.77. The monoisotopic (exact) mass is 262 g/mol. The minimum atomic E-state index is -0.485. The average molecular weight is 263 g/mol. The summed E-state index contributed by atoms with van der Waals surface area (Å²) in [6.07, 6.45) is -0.485. The van der Waals surface area contributed by atoms with Crippen molar-refractivity contribution >= 4 is 35.0 Å². The summed E-state index contributed by atoms with van der Waals surface area (Å²) in [5.41, 5.74) is 1.88. The molecule has 82 valence electrons. The van der Waals surface area contributed by atoms with Crippen LogP contribution in [0.2, 0.25) is 10.0 Å². The van der Waals surface area contributed by atoms with Crippen LogP contribution >= 0.6 is 35.0 Å². The van der Waals surface area contributed by atoms with Gasteiger partial charge in [0, 0.05) is 10.5 Å². The molecule has 1 heterocycles. The van der Waals surface area contributed by atoms with Gasteiger partial charge in [0.15, 0.2) is 0 Å². The first-order valence-corrected chi connectivity index (χ1v) is 6.46. The minimum absolute atomic E-state index is 0.163. The Balaban J connectivity index is 2.55. The Kier molecular flexibility index (Phi) is 2.97. The first-order chi connectivity index (χ1) is 6.93. The van der Waals surface area contributed by atoms with Crippen molar-refractivity contribution in [2.24, 2.45) is 0 Å². The van der Waals surface area contributed by atoms with Crippen LogP contribution in [-0.2, 0) is 5.75 Å². The zero-order valence-electron chi connectivity index (χ0n) is 8.55. The topological polar surface area (TPSA) is 20.2 Å². The van der Waals surface area contributed by atoms with E-state index in [4.69, 9.17) is 23.2 Å². The van der Waals surface area contributed by atoms with Crippen molar-refractivity contribution in [3.8, 4) is 0 Å². The summed E-state index contributed by atoms with van der Waals surface area (Å²) in [6, 6.07) is 3.62. The van der Waals surface area contributed by atoms with E-state index >= 15 is 0 Å². The highest BCUT2D eigenvalue weighted by molar-refractivity contribution is 8.00. The van der Waals surface area contributed by atoms with Gasteiger partial charge in [-0.15, -0.1) is 11.8 Å². The summed E-state index contributed by atoms with van der Waals surface area (Å²) in [6.45, 7) is 4.07. The van der Waals surface area contributed by atoms with Crippen molar-refractivity contribution in [3.63, 3.8) is 0 Å². The summed E-state index contributed by atoms with van der Waals surface area (Å²) >= 11 is 13.8. The highest BCUT2D eigenvalue weighted by Gasteiger charge is 2.36. The lowest BCUT2D eigenvalue weighted by molar-refractivity contribution is 0.141. The molecule has 0 saturated carbocycles. The Morgan fingerprint density at radius 2 is 2.07 bits per heavy atom. The summed E-state index contributed by atoms with van der Waals surface area (Å²) in [5, 5.41) is 11.3. The number of fused-ring (bicyclic) bond motifs is 1. The van der Waals surface area contributed by atoms with Crippen molar-refractivity contribution < 1.29 is 5.11 Å². The molecule has 1 aromatic carbocycles. The van der Waals surface area contributed by atoms with Crippen LogP contribution in [-0.4, -0.2) is 9.85 Å². The molecular formula is C11H12Cl2OS. The Hall–Kier alpha value is 0.110. The third-order valence-corrected chi connectivity index (χ3v) is 5.02. The predicted molar refractivity (Wildman–Crippen MR) is 66.8 cm³/mol. The Bertz CT molecular complexity index is 404. The van der Waals surface area contributed by atoms with E-state index in [0.29, 0.717) is 10.0 Å². The number of hydrogen-bond donors (Lipinski definition) is 1. The maximum atomic E-state index is 10.2. The number of aliphatic hydroxyl groups excluding tert-OH is 1. The Labute approximate surface area is 104 Å². The highest BCUT2D eigenvalue weighted by Crippen LogP contribution is 2.48. The van der Waals surface area contributed by atoms with E-state index in [0.717, 1.165) is 16.9 Å². The van der Waals surface area contributed by atoms with Crippen molar-refractivity contribution in [1.29, 1.82) is 0 Å². The second-order valence-electron chi connectivity index (χ2n) is 4.22. The number of thioether (sulfide) groups is 1. The van der Waals surface area contributed by atoms with Crippen LogP contribution in [0.5, 0.6) is 0 Å². The fourth-order valence-electron chi connectivity index (χ4n) is 1.72. The molecule has 1 aliphatic rings. The SMILES string of the molecule is CC1(C)SCc2c(ccc(Cl)c2Cl)C1O. The largest absolute Gasteiger partial charge is 0.387 e. The van der Waals surface area contributed by atoms with E-state index in [2.05, 4.69) is 0 Å². The molecule has 1 atom stereocenters. The molecule has 0 spiro atoms. The molecule has 0 bridgehead atoms. The average Bonchev–Trinajstić information content (AvgIpc) is 2.17. The molecule has 15 heavy (non-hydrogen) atoms. The fourth-order valence-corrected chi connectivity index (χ4v) is 3.33. The molecule has 0 amide bonds. The second kappa shape index (κ2) is 3.85. The van der Waals surface area contributed by atoms with E-state index in [9.17, 15) is 5.11 Å². The number of hydrogen-bond acceptors (Lipinski definition) is 2. The van der Waals surface area contributed by atoms with Crippen molar-refractivity contribution in [2.75, 3.05) is 0 Å². The molecular weight excluding hydrogens is 251 g/mol. The van der Waals surface area contributed by atoms with Gasteiger partial charge < -0.3 is 5.11 Å². The quantitative estimate of drug-likeness (QED) is 0.761. The van der Waals surface area contributed by atoms with Crippen LogP contribution in [0.1, 0.15) is 31.1 Å². The molecule has 2 rings (SSSR count). The van der Waals surface area contributed by atoms with Crippen LogP contribution < -0.4 is 0 Å². The zero-order chi connectivity index (χ0) is 11.2. The lowest BCUT2D eigenvalue weighted by Crippen LogP contribution is -2.30. The maximum Gasteiger partial charge on any atom is 0.0934 e. The molecule has 0 saturated heterocycles. The van der Waals surface area contributed by atoms with Crippen LogP contribution in [0.4, 0.5) is 0 Å². The first-order valence-electron chi connectivity index (χ1n) is 4.72. The highest BCUT2D eigenvalue weighted by atomic mass is 35.5. The van der Waals surface area contributed by atoms with Gasteiger partial charge >= 0.3 is 0 Å². The Morgan fingerprint density at radius 1 is 1.40 bits per heavy atom. The lowest BCUT2D eigenvalue weighted by atomic mass is 9.94. The van der Waals surface area contributed by atoms with Gasteiger partial charge in [0.25, 0.3) is 0 Å². The van der Waals surface area contributed by atoms with Crippen molar-refractivity contribution in [3.05, 3.63) is 33.3 Å². The van der Waals surface area contributed by atoms with E-state index in [1.54, 1.807) is 17.8 Å². The molecule has 1 nitrogen and oxygen atoms in total. The molecule has 0 aromatic heterocycles. The van der Waals surface area contributed by atoms with Crippen LogP contribution in [0, 0.1) is 0 Å². The number of aliphatic hydroxyl groups is 1. The molecule has 1 N–H and O–H groups in total. The smallest absolute Gasteiger partial charge is 0.0934 e. The van der Waals surface area contributed by atoms with Gasteiger partial charge in [0.2, 0.25) is 0 Å². The van der Waals surface area contributed by atoms with Gasteiger partial charge in [0.05, 0.1) is 16.1 Å². The van der Waals surface area contributed by atoms with E-state index in [1.165, 1.54) is 0 Å². The van der Waals surface area contributed by atoms with Crippen LogP contribution in [0.15, 0.2) is 12.1 Å². The number of benzene rings is 1. The Morgan fingerprint density at radius 3 is 2.73 bits per heavy atom. The lowest BCUT2D eigenvalue weighted by Gasteiger charge is -2.36. The van der Waals surface area contributed by atoms with Crippen molar-refractivity contribution in [1.82, 2.24) is 0 Å². The molecule has 1 aliphatic heterocycles. The summed E-state index contributed by atoms with van der Waals surface area (Å²) in [4.78, 5) is 0. The van der Waals surface area contributed by atoms with Crippen molar-refractivity contribution in [2.45, 2.75) is 30.5 Å². The summed E-state index contributed by atoms with van der Waals surface area (Å²) in [7, 11) is 0. The molecule has 4 heteroatoms. The molecule has 0 radical (unpaired) electrons. The van der Waals surface area contributed by atoms with E-state index < -0.39 is 6.10 Å². The summed E-state index contributed by atoms with van der Waals surface area (Å²) < 4.78 is -0.163. The first kappa shape index (κ1) is 11.6. The fraction of sp³-hybridized carbons (Fsp3) is 0.455. The zero-order valence-corrected chi connectivity index (χ0v) is 10.9. The molecule has 0 fully saturated rings. The molecule has 0 aliphatic carbocycles. The van der Waals surface area contributed by atoms with Gasteiger partial charge in [-0.25, -0.2) is 0 Å². The molecule has 1 aromatic rings. The van der Waals surface area contributed by atoms with Crippen LogP contribution in [0.25, 0.3) is 0 Å². The third kappa shape index (κ3) is 1.89. The molecule has 1 unspecified atom stereocenters.